The summed E-state index contributed by atoms with van der Waals surface area (Å²) < 4.78 is 0. The van der Waals surface area contributed by atoms with Crippen molar-refractivity contribution in [1.82, 2.24) is 10.2 Å². The van der Waals surface area contributed by atoms with E-state index in [0.29, 0.717) is 24.4 Å². The van der Waals surface area contributed by atoms with E-state index in [4.69, 9.17) is 0 Å². The zero-order chi connectivity index (χ0) is 12.1. The van der Waals surface area contributed by atoms with E-state index < -0.39 is 0 Å². The smallest absolute Gasteiger partial charge is 0.236 e. The summed E-state index contributed by atoms with van der Waals surface area (Å²) in [5.41, 5.74) is 0. The van der Waals surface area contributed by atoms with Crippen molar-refractivity contribution in [2.24, 2.45) is 11.8 Å². The lowest BCUT2D eigenvalue weighted by molar-refractivity contribution is -0.129. The van der Waals surface area contributed by atoms with Gasteiger partial charge in [0.1, 0.15) is 0 Å². The fraction of sp³-hybridized carbons (Fsp3) is 0.923. The molecule has 0 bridgehead atoms. The van der Waals surface area contributed by atoms with Crippen LogP contribution in [0.25, 0.3) is 0 Å². The number of carbonyl (C=O) groups is 1. The molecule has 2 atom stereocenters. The van der Waals surface area contributed by atoms with E-state index >= 15 is 0 Å². The molecule has 0 radical (unpaired) electrons. The van der Waals surface area contributed by atoms with Gasteiger partial charge >= 0.3 is 0 Å². The van der Waals surface area contributed by atoms with Gasteiger partial charge in [-0.3, -0.25) is 4.79 Å². The Hall–Kier alpha value is -0.570. The summed E-state index contributed by atoms with van der Waals surface area (Å²) in [5, 5.41) is 3.26. The third-order valence-corrected chi connectivity index (χ3v) is 3.73. The Labute approximate surface area is 99.6 Å². The first kappa shape index (κ1) is 13.5. The van der Waals surface area contributed by atoms with Crippen molar-refractivity contribution in [3.05, 3.63) is 0 Å². The standard InChI is InChI=1S/C13H26N2O/c1-5-11(4)14-8-13(16)15-7-6-12(9-15)10(2)3/h10-12,14H,5-9H2,1-4H3. The average molecular weight is 226 g/mol. The highest BCUT2D eigenvalue weighted by Crippen LogP contribution is 2.23. The van der Waals surface area contributed by atoms with Gasteiger partial charge in [0.2, 0.25) is 5.91 Å². The van der Waals surface area contributed by atoms with Crippen LogP contribution in [0.1, 0.15) is 40.5 Å². The van der Waals surface area contributed by atoms with Gasteiger partial charge in [0.15, 0.2) is 0 Å². The summed E-state index contributed by atoms with van der Waals surface area (Å²) in [4.78, 5) is 13.9. The van der Waals surface area contributed by atoms with Crippen molar-refractivity contribution in [2.75, 3.05) is 19.6 Å². The molecule has 0 aromatic rings. The van der Waals surface area contributed by atoms with Crippen LogP contribution >= 0.6 is 0 Å². The first-order chi connectivity index (χ1) is 7.54. The molecule has 0 spiro atoms. The highest BCUT2D eigenvalue weighted by atomic mass is 16.2. The molecule has 1 fully saturated rings. The van der Waals surface area contributed by atoms with Crippen LogP contribution in [0.5, 0.6) is 0 Å². The van der Waals surface area contributed by atoms with Gasteiger partial charge in [0.25, 0.3) is 0 Å². The van der Waals surface area contributed by atoms with Crippen LogP contribution in [-0.4, -0.2) is 36.5 Å². The first-order valence-corrected chi connectivity index (χ1v) is 6.55. The van der Waals surface area contributed by atoms with Gasteiger partial charge in [-0.1, -0.05) is 20.8 Å². The average Bonchev–Trinajstić information content (AvgIpc) is 2.74. The van der Waals surface area contributed by atoms with E-state index in [1.165, 1.54) is 6.42 Å². The fourth-order valence-corrected chi connectivity index (χ4v) is 2.08. The highest BCUT2D eigenvalue weighted by Gasteiger charge is 2.27. The van der Waals surface area contributed by atoms with Gasteiger partial charge in [-0.05, 0) is 31.6 Å². The summed E-state index contributed by atoms with van der Waals surface area (Å²) in [6, 6.07) is 0.437. The second-order valence-corrected chi connectivity index (χ2v) is 5.32. The fourth-order valence-electron chi connectivity index (χ4n) is 2.08. The van der Waals surface area contributed by atoms with Crippen LogP contribution in [0.4, 0.5) is 0 Å². The zero-order valence-electron chi connectivity index (χ0n) is 11.1. The molecule has 0 aromatic carbocycles. The molecule has 1 N–H and O–H groups in total. The zero-order valence-corrected chi connectivity index (χ0v) is 11.1. The number of amides is 1. The molecule has 3 nitrogen and oxygen atoms in total. The lowest BCUT2D eigenvalue weighted by Crippen LogP contribution is -2.39. The van der Waals surface area contributed by atoms with Gasteiger partial charge in [-0.15, -0.1) is 0 Å². The number of hydrogen-bond donors (Lipinski definition) is 1. The van der Waals surface area contributed by atoms with Crippen LogP contribution in [0.15, 0.2) is 0 Å². The van der Waals surface area contributed by atoms with Crippen molar-refractivity contribution in [3.8, 4) is 0 Å². The van der Waals surface area contributed by atoms with E-state index in [0.717, 1.165) is 19.5 Å². The van der Waals surface area contributed by atoms with Crippen molar-refractivity contribution in [1.29, 1.82) is 0 Å². The molecule has 0 aromatic heterocycles. The van der Waals surface area contributed by atoms with Crippen molar-refractivity contribution in [3.63, 3.8) is 0 Å². The number of nitrogens with zero attached hydrogens (tertiary/aromatic N) is 1. The maximum Gasteiger partial charge on any atom is 0.236 e. The maximum absolute atomic E-state index is 11.9. The third-order valence-electron chi connectivity index (χ3n) is 3.73. The molecular weight excluding hydrogens is 200 g/mol. The third kappa shape index (κ3) is 3.78. The number of likely N-dealkylation sites (tertiary alicyclic amines) is 1. The number of nitrogens with one attached hydrogen (secondary N) is 1. The Morgan fingerprint density at radius 2 is 2.12 bits per heavy atom. The Morgan fingerprint density at radius 1 is 1.44 bits per heavy atom. The second kappa shape index (κ2) is 6.24. The minimum absolute atomic E-state index is 0.267. The van der Waals surface area contributed by atoms with Gasteiger partial charge in [0.05, 0.1) is 6.54 Å². The molecule has 94 valence electrons. The van der Waals surface area contributed by atoms with Crippen molar-refractivity contribution < 1.29 is 4.79 Å². The van der Waals surface area contributed by atoms with Gasteiger partial charge in [0, 0.05) is 19.1 Å². The molecule has 1 heterocycles. The lowest BCUT2D eigenvalue weighted by atomic mass is 9.95. The summed E-state index contributed by atoms with van der Waals surface area (Å²) in [5.74, 6) is 1.66. The molecule has 2 unspecified atom stereocenters. The van der Waals surface area contributed by atoms with E-state index in [2.05, 4.69) is 33.0 Å². The minimum Gasteiger partial charge on any atom is -0.341 e. The maximum atomic E-state index is 11.9. The summed E-state index contributed by atoms with van der Waals surface area (Å²) >= 11 is 0. The summed E-state index contributed by atoms with van der Waals surface area (Å²) in [6.45, 7) is 11.1. The first-order valence-electron chi connectivity index (χ1n) is 6.55. The normalized spacial score (nSPS) is 22.8. The van der Waals surface area contributed by atoms with E-state index in [9.17, 15) is 4.79 Å². The SMILES string of the molecule is CCC(C)NCC(=O)N1CCC(C(C)C)C1. The lowest BCUT2D eigenvalue weighted by Gasteiger charge is -2.19. The van der Waals surface area contributed by atoms with E-state index in [1.54, 1.807) is 0 Å². The largest absolute Gasteiger partial charge is 0.341 e. The molecule has 1 rings (SSSR count). The molecule has 1 amide bonds. The van der Waals surface area contributed by atoms with Crippen molar-refractivity contribution in [2.45, 2.75) is 46.6 Å². The molecule has 1 saturated heterocycles. The van der Waals surface area contributed by atoms with E-state index in [-0.39, 0.29) is 5.91 Å². The summed E-state index contributed by atoms with van der Waals surface area (Å²) in [6.07, 6.45) is 2.24. The van der Waals surface area contributed by atoms with Crippen LogP contribution in [-0.2, 0) is 4.79 Å². The van der Waals surface area contributed by atoms with Crippen LogP contribution in [0.3, 0.4) is 0 Å². The molecule has 3 heteroatoms. The molecule has 1 aliphatic heterocycles. The second-order valence-electron chi connectivity index (χ2n) is 5.32. The monoisotopic (exact) mass is 226 g/mol. The Kier molecular flexibility index (Phi) is 5.26. The molecule has 0 aliphatic carbocycles. The minimum atomic E-state index is 0.267. The van der Waals surface area contributed by atoms with Crippen molar-refractivity contribution >= 4 is 5.91 Å². The topological polar surface area (TPSA) is 32.3 Å². The highest BCUT2D eigenvalue weighted by molar-refractivity contribution is 5.78. The predicted octanol–water partition coefficient (Wildman–Crippen LogP) is 1.88. The molecule has 0 saturated carbocycles. The Balaban J connectivity index is 2.28. The molecule has 1 aliphatic rings. The number of hydrogen-bond acceptors (Lipinski definition) is 2. The number of rotatable bonds is 5. The van der Waals surface area contributed by atoms with Gasteiger partial charge in [-0.25, -0.2) is 0 Å². The molecule has 16 heavy (non-hydrogen) atoms. The van der Waals surface area contributed by atoms with Crippen LogP contribution < -0.4 is 5.32 Å². The van der Waals surface area contributed by atoms with E-state index in [1.807, 2.05) is 4.90 Å². The molecular formula is C13H26N2O. The summed E-state index contributed by atoms with van der Waals surface area (Å²) in [7, 11) is 0. The van der Waals surface area contributed by atoms with Gasteiger partial charge in [-0.2, -0.15) is 0 Å². The predicted molar refractivity (Wildman–Crippen MR) is 67.3 cm³/mol. The number of carbonyl (C=O) groups excluding carboxylic acids is 1. The van der Waals surface area contributed by atoms with Gasteiger partial charge < -0.3 is 10.2 Å². The van der Waals surface area contributed by atoms with Crippen LogP contribution in [0.2, 0.25) is 0 Å². The van der Waals surface area contributed by atoms with Crippen LogP contribution in [0, 0.1) is 11.8 Å². The Morgan fingerprint density at radius 3 is 2.62 bits per heavy atom. The Bertz CT molecular complexity index is 228. The quantitative estimate of drug-likeness (QED) is 0.776.